The quantitative estimate of drug-likeness (QED) is 0.787. The summed E-state index contributed by atoms with van der Waals surface area (Å²) in [5.41, 5.74) is -2.31. The Morgan fingerprint density at radius 1 is 1.57 bits per heavy atom. The summed E-state index contributed by atoms with van der Waals surface area (Å²) in [6.07, 6.45) is -3.19. The van der Waals surface area contributed by atoms with Crippen LogP contribution in [0.2, 0.25) is 5.15 Å². The zero-order chi connectivity index (χ0) is 10.9. The van der Waals surface area contributed by atoms with Gasteiger partial charge in [-0.05, 0) is 0 Å². The molecule has 7 heteroatoms. The van der Waals surface area contributed by atoms with Crippen LogP contribution < -0.4 is 0 Å². The van der Waals surface area contributed by atoms with E-state index in [0.717, 1.165) is 0 Å². The highest BCUT2D eigenvalue weighted by Gasteiger charge is 2.24. The van der Waals surface area contributed by atoms with Gasteiger partial charge >= 0.3 is 5.97 Å². The smallest absolute Gasteiger partial charge is 0.340 e. The molecule has 14 heavy (non-hydrogen) atoms. The molecule has 0 bridgehead atoms. The van der Waals surface area contributed by atoms with Crippen LogP contribution in [-0.4, -0.2) is 16.1 Å². The van der Waals surface area contributed by atoms with Crippen LogP contribution in [0.4, 0.5) is 13.2 Å². The number of aromatic carboxylic acids is 1. The molecule has 1 N–H and O–H groups in total. The highest BCUT2D eigenvalue weighted by molar-refractivity contribution is 6.29. The minimum absolute atomic E-state index is 0.511. The zero-order valence-electron chi connectivity index (χ0n) is 6.47. The van der Waals surface area contributed by atoms with Gasteiger partial charge in [0.15, 0.2) is 0 Å². The van der Waals surface area contributed by atoms with Crippen LogP contribution in [0.5, 0.6) is 0 Å². The molecule has 0 saturated heterocycles. The summed E-state index contributed by atoms with van der Waals surface area (Å²) >= 11 is 5.19. The summed E-state index contributed by atoms with van der Waals surface area (Å²) < 4.78 is 37.3. The maximum atomic E-state index is 12.9. The summed E-state index contributed by atoms with van der Waals surface area (Å²) in [7, 11) is 0. The second-order valence-corrected chi connectivity index (χ2v) is 2.68. The van der Waals surface area contributed by atoms with Crippen LogP contribution in [0.3, 0.4) is 0 Å². The molecular formula is C7H3ClF3NO2. The molecule has 76 valence electrons. The molecule has 0 aromatic carbocycles. The maximum Gasteiger partial charge on any atom is 0.340 e. The first-order valence-corrected chi connectivity index (χ1v) is 3.68. The van der Waals surface area contributed by atoms with Gasteiger partial charge in [-0.2, -0.15) is 0 Å². The zero-order valence-corrected chi connectivity index (χ0v) is 7.23. The van der Waals surface area contributed by atoms with Crippen molar-refractivity contribution in [1.29, 1.82) is 0 Å². The van der Waals surface area contributed by atoms with Gasteiger partial charge in [0.05, 0.1) is 0 Å². The third-order valence-electron chi connectivity index (χ3n) is 1.39. The van der Waals surface area contributed by atoms with E-state index in [0.29, 0.717) is 6.07 Å². The number of carboxylic acids is 1. The van der Waals surface area contributed by atoms with Crippen molar-refractivity contribution in [3.63, 3.8) is 0 Å². The second kappa shape index (κ2) is 3.83. The molecule has 1 rings (SSSR count). The molecule has 0 spiro atoms. The van der Waals surface area contributed by atoms with Crippen LogP contribution in [0.15, 0.2) is 6.07 Å². The Kier molecular flexibility index (Phi) is 2.95. The largest absolute Gasteiger partial charge is 0.478 e. The van der Waals surface area contributed by atoms with Gasteiger partial charge < -0.3 is 5.11 Å². The standard InChI is InChI=1S/C7H3ClF3NO2/c8-3-1-2(9)4(7(13)14)5(12-3)6(10)11/h1,6H,(H,13,14). The van der Waals surface area contributed by atoms with E-state index in [1.807, 2.05) is 0 Å². The van der Waals surface area contributed by atoms with Crippen molar-refractivity contribution in [2.75, 3.05) is 0 Å². The predicted molar refractivity (Wildman–Crippen MR) is 41.1 cm³/mol. The van der Waals surface area contributed by atoms with Crippen molar-refractivity contribution < 1.29 is 23.1 Å². The minimum atomic E-state index is -3.19. The Morgan fingerprint density at radius 2 is 2.14 bits per heavy atom. The Morgan fingerprint density at radius 3 is 2.57 bits per heavy atom. The third-order valence-corrected chi connectivity index (χ3v) is 1.58. The molecular weight excluding hydrogens is 223 g/mol. The molecule has 0 atom stereocenters. The lowest BCUT2D eigenvalue weighted by Crippen LogP contribution is -2.09. The first kappa shape index (κ1) is 10.8. The number of rotatable bonds is 2. The average molecular weight is 226 g/mol. The number of nitrogens with zero attached hydrogens (tertiary/aromatic N) is 1. The fourth-order valence-electron chi connectivity index (χ4n) is 0.872. The second-order valence-electron chi connectivity index (χ2n) is 2.29. The molecule has 1 aromatic heterocycles. The van der Waals surface area contributed by atoms with Gasteiger partial charge in [0.25, 0.3) is 6.43 Å². The van der Waals surface area contributed by atoms with E-state index in [4.69, 9.17) is 16.7 Å². The van der Waals surface area contributed by atoms with Gasteiger partial charge in [0.1, 0.15) is 22.2 Å². The predicted octanol–water partition coefficient (Wildman–Crippen LogP) is 2.51. The first-order chi connectivity index (χ1) is 6.43. The van der Waals surface area contributed by atoms with Crippen LogP contribution in [0.1, 0.15) is 22.5 Å². The summed E-state index contributed by atoms with van der Waals surface area (Å²) in [6, 6.07) is 0.566. The normalized spacial score (nSPS) is 10.6. The molecule has 0 aliphatic carbocycles. The molecule has 0 aliphatic rings. The fraction of sp³-hybridized carbons (Fsp3) is 0.143. The highest BCUT2D eigenvalue weighted by Crippen LogP contribution is 2.25. The molecule has 3 nitrogen and oxygen atoms in total. The van der Waals surface area contributed by atoms with E-state index in [-0.39, 0.29) is 0 Å². The Balaban J connectivity index is 3.44. The number of hydrogen-bond acceptors (Lipinski definition) is 2. The van der Waals surface area contributed by atoms with Gasteiger partial charge in [-0.15, -0.1) is 0 Å². The van der Waals surface area contributed by atoms with Crippen molar-refractivity contribution in [3.05, 3.63) is 28.3 Å². The van der Waals surface area contributed by atoms with Crippen molar-refractivity contribution in [2.24, 2.45) is 0 Å². The molecule has 0 fully saturated rings. The summed E-state index contributed by atoms with van der Waals surface area (Å²) in [4.78, 5) is 13.5. The lowest BCUT2D eigenvalue weighted by Gasteiger charge is -2.05. The van der Waals surface area contributed by atoms with Crippen LogP contribution in [0.25, 0.3) is 0 Å². The van der Waals surface area contributed by atoms with Gasteiger partial charge in [-0.25, -0.2) is 22.9 Å². The van der Waals surface area contributed by atoms with E-state index in [9.17, 15) is 18.0 Å². The number of alkyl halides is 2. The highest BCUT2D eigenvalue weighted by atomic mass is 35.5. The SMILES string of the molecule is O=C(O)c1c(F)cc(Cl)nc1C(F)F. The lowest BCUT2D eigenvalue weighted by molar-refractivity contribution is 0.0676. The first-order valence-electron chi connectivity index (χ1n) is 3.31. The molecule has 0 aliphatic heterocycles. The molecule has 0 radical (unpaired) electrons. The van der Waals surface area contributed by atoms with Crippen LogP contribution in [0, 0.1) is 5.82 Å². The van der Waals surface area contributed by atoms with E-state index in [1.54, 1.807) is 0 Å². The number of hydrogen-bond donors (Lipinski definition) is 1. The minimum Gasteiger partial charge on any atom is -0.478 e. The molecule has 0 amide bonds. The monoisotopic (exact) mass is 225 g/mol. The van der Waals surface area contributed by atoms with E-state index < -0.39 is 34.6 Å². The number of carboxylic acid groups (broad SMARTS) is 1. The Bertz CT molecular complexity index is 383. The molecule has 0 unspecified atom stereocenters. The van der Waals surface area contributed by atoms with E-state index in [2.05, 4.69) is 4.98 Å². The van der Waals surface area contributed by atoms with Gasteiger partial charge in [-0.1, -0.05) is 11.6 Å². The number of aromatic nitrogens is 1. The third kappa shape index (κ3) is 1.95. The lowest BCUT2D eigenvalue weighted by atomic mass is 10.2. The average Bonchev–Trinajstić information content (AvgIpc) is 2.01. The number of carbonyl (C=O) groups is 1. The van der Waals surface area contributed by atoms with Gasteiger partial charge in [0, 0.05) is 6.07 Å². The molecule has 1 aromatic rings. The summed E-state index contributed by atoms with van der Waals surface area (Å²) in [6.45, 7) is 0. The molecule has 1 heterocycles. The fourth-order valence-corrected chi connectivity index (χ4v) is 1.06. The number of halogens is 4. The number of pyridine rings is 1. The summed E-state index contributed by atoms with van der Waals surface area (Å²) in [5.74, 6) is -3.13. The van der Waals surface area contributed by atoms with Crippen LogP contribution in [-0.2, 0) is 0 Å². The van der Waals surface area contributed by atoms with Crippen molar-refractivity contribution in [1.82, 2.24) is 4.98 Å². The Labute approximate surface area is 81.1 Å². The van der Waals surface area contributed by atoms with Gasteiger partial charge in [-0.3, -0.25) is 0 Å². The Hall–Kier alpha value is -1.30. The van der Waals surface area contributed by atoms with Crippen molar-refractivity contribution in [3.8, 4) is 0 Å². The van der Waals surface area contributed by atoms with E-state index in [1.165, 1.54) is 0 Å². The van der Waals surface area contributed by atoms with Crippen LogP contribution >= 0.6 is 11.6 Å². The van der Waals surface area contributed by atoms with Gasteiger partial charge in [0.2, 0.25) is 0 Å². The van der Waals surface area contributed by atoms with Crippen molar-refractivity contribution in [2.45, 2.75) is 6.43 Å². The van der Waals surface area contributed by atoms with Crippen molar-refractivity contribution >= 4 is 17.6 Å². The topological polar surface area (TPSA) is 50.2 Å². The molecule has 0 saturated carbocycles. The van der Waals surface area contributed by atoms with E-state index >= 15 is 0 Å². The summed E-state index contributed by atoms with van der Waals surface area (Å²) in [5, 5.41) is 7.92. The maximum absolute atomic E-state index is 12.9.